The van der Waals surface area contributed by atoms with Gasteiger partial charge in [0.25, 0.3) is 0 Å². The fourth-order valence-corrected chi connectivity index (χ4v) is 3.50. The molecule has 1 fully saturated rings. The summed E-state index contributed by atoms with van der Waals surface area (Å²) in [6.45, 7) is 4.90. The Balaban J connectivity index is 1.39. The lowest BCUT2D eigenvalue weighted by molar-refractivity contribution is -0.137. The highest BCUT2D eigenvalue weighted by molar-refractivity contribution is 5.78. The van der Waals surface area contributed by atoms with Gasteiger partial charge in [0.2, 0.25) is 5.91 Å². The Morgan fingerprint density at radius 1 is 1.10 bits per heavy atom. The summed E-state index contributed by atoms with van der Waals surface area (Å²) in [4.78, 5) is 20.3. The van der Waals surface area contributed by atoms with Crippen LogP contribution in [-0.2, 0) is 17.4 Å². The molecular formula is C22H27F3N4O. The number of benzene rings is 1. The van der Waals surface area contributed by atoms with Crippen LogP contribution in [0.25, 0.3) is 0 Å². The lowest BCUT2D eigenvalue weighted by atomic mass is 10.1. The van der Waals surface area contributed by atoms with Crippen LogP contribution in [0.1, 0.15) is 24.5 Å². The number of hydrogen-bond donors (Lipinski definition) is 1. The van der Waals surface area contributed by atoms with Gasteiger partial charge in [0.1, 0.15) is 5.82 Å². The molecule has 2 heterocycles. The second kappa shape index (κ2) is 9.93. The SMILES string of the molecule is C[C@@H](CCc1ccccc1)NC(=O)CN1CCN(c2ccc(C(F)(F)F)cn2)CC1. The van der Waals surface area contributed by atoms with Crippen LogP contribution in [-0.4, -0.2) is 54.6 Å². The van der Waals surface area contributed by atoms with E-state index >= 15 is 0 Å². The van der Waals surface area contributed by atoms with Crippen molar-refractivity contribution in [3.8, 4) is 0 Å². The number of alkyl halides is 3. The molecule has 1 saturated heterocycles. The fraction of sp³-hybridized carbons (Fsp3) is 0.455. The number of piperazine rings is 1. The molecule has 0 bridgehead atoms. The van der Waals surface area contributed by atoms with Crippen molar-refractivity contribution in [1.82, 2.24) is 15.2 Å². The molecule has 1 N–H and O–H groups in total. The first-order valence-electron chi connectivity index (χ1n) is 10.1. The Morgan fingerprint density at radius 3 is 2.40 bits per heavy atom. The van der Waals surface area contributed by atoms with Gasteiger partial charge in [-0.3, -0.25) is 9.69 Å². The molecule has 1 amide bonds. The Bertz CT molecular complexity index is 803. The molecule has 0 aliphatic carbocycles. The highest BCUT2D eigenvalue weighted by Crippen LogP contribution is 2.29. The summed E-state index contributed by atoms with van der Waals surface area (Å²) < 4.78 is 38.0. The van der Waals surface area contributed by atoms with Gasteiger partial charge in [-0.25, -0.2) is 4.98 Å². The first-order valence-corrected chi connectivity index (χ1v) is 10.1. The van der Waals surface area contributed by atoms with Crippen LogP contribution >= 0.6 is 0 Å². The topological polar surface area (TPSA) is 48.5 Å². The molecule has 5 nitrogen and oxygen atoms in total. The molecule has 3 rings (SSSR count). The Morgan fingerprint density at radius 2 is 1.80 bits per heavy atom. The molecule has 1 aliphatic rings. The van der Waals surface area contributed by atoms with Gasteiger partial charge in [-0.15, -0.1) is 0 Å². The lowest BCUT2D eigenvalue weighted by Crippen LogP contribution is -2.50. The maximum Gasteiger partial charge on any atom is 0.417 e. The van der Waals surface area contributed by atoms with Gasteiger partial charge in [0.15, 0.2) is 0 Å². The minimum Gasteiger partial charge on any atom is -0.354 e. The predicted octanol–water partition coefficient (Wildman–Crippen LogP) is 3.36. The highest BCUT2D eigenvalue weighted by atomic mass is 19.4. The summed E-state index contributed by atoms with van der Waals surface area (Å²) in [7, 11) is 0. The van der Waals surface area contributed by atoms with E-state index in [0.717, 1.165) is 25.1 Å². The zero-order valence-electron chi connectivity index (χ0n) is 17.0. The number of amides is 1. The van der Waals surface area contributed by atoms with Crippen LogP contribution in [0.3, 0.4) is 0 Å². The fourth-order valence-electron chi connectivity index (χ4n) is 3.50. The molecule has 2 aromatic rings. The lowest BCUT2D eigenvalue weighted by Gasteiger charge is -2.35. The van der Waals surface area contributed by atoms with Crippen LogP contribution in [0.5, 0.6) is 0 Å². The molecule has 1 aliphatic heterocycles. The summed E-state index contributed by atoms with van der Waals surface area (Å²) >= 11 is 0. The van der Waals surface area contributed by atoms with Crippen molar-refractivity contribution in [2.24, 2.45) is 0 Å². The molecule has 30 heavy (non-hydrogen) atoms. The van der Waals surface area contributed by atoms with E-state index in [1.165, 1.54) is 11.6 Å². The predicted molar refractivity (Wildman–Crippen MR) is 110 cm³/mol. The number of pyridine rings is 1. The van der Waals surface area contributed by atoms with Gasteiger partial charge in [-0.05, 0) is 37.5 Å². The number of aromatic nitrogens is 1. The standard InChI is InChI=1S/C22H27F3N4O/c1-17(7-8-18-5-3-2-4-6-18)27-21(30)16-28-11-13-29(14-12-28)20-10-9-19(15-26-20)22(23,24)25/h2-6,9-10,15,17H,7-8,11-14,16H2,1H3,(H,27,30)/t17-/m0/s1. The van der Waals surface area contributed by atoms with E-state index in [9.17, 15) is 18.0 Å². The van der Waals surface area contributed by atoms with E-state index in [1.807, 2.05) is 30.0 Å². The third-order valence-electron chi connectivity index (χ3n) is 5.25. The van der Waals surface area contributed by atoms with E-state index < -0.39 is 11.7 Å². The molecular weight excluding hydrogens is 393 g/mol. The van der Waals surface area contributed by atoms with Crippen LogP contribution < -0.4 is 10.2 Å². The first kappa shape index (κ1) is 22.1. The van der Waals surface area contributed by atoms with Crippen molar-refractivity contribution in [3.05, 3.63) is 59.8 Å². The summed E-state index contributed by atoms with van der Waals surface area (Å²) in [6, 6.07) is 12.7. The number of nitrogens with one attached hydrogen (secondary N) is 1. The zero-order chi connectivity index (χ0) is 21.6. The van der Waals surface area contributed by atoms with Crippen molar-refractivity contribution in [3.63, 3.8) is 0 Å². The van der Waals surface area contributed by atoms with Crippen molar-refractivity contribution < 1.29 is 18.0 Å². The molecule has 0 unspecified atom stereocenters. The third kappa shape index (κ3) is 6.45. The average molecular weight is 420 g/mol. The number of halogens is 3. The van der Waals surface area contributed by atoms with Crippen LogP contribution in [0, 0.1) is 0 Å². The quantitative estimate of drug-likeness (QED) is 0.746. The van der Waals surface area contributed by atoms with Crippen LogP contribution in [0.15, 0.2) is 48.7 Å². The monoisotopic (exact) mass is 420 g/mol. The number of carbonyl (C=O) groups is 1. The molecule has 162 valence electrons. The van der Waals surface area contributed by atoms with E-state index in [1.54, 1.807) is 0 Å². The number of nitrogens with zero attached hydrogens (tertiary/aromatic N) is 3. The zero-order valence-corrected chi connectivity index (χ0v) is 17.0. The van der Waals surface area contributed by atoms with Crippen molar-refractivity contribution in [1.29, 1.82) is 0 Å². The Hall–Kier alpha value is -2.61. The second-order valence-electron chi connectivity index (χ2n) is 7.66. The van der Waals surface area contributed by atoms with Gasteiger partial charge >= 0.3 is 6.18 Å². The molecule has 0 saturated carbocycles. The van der Waals surface area contributed by atoms with Gasteiger partial charge in [-0.2, -0.15) is 13.2 Å². The number of carbonyl (C=O) groups excluding carboxylic acids is 1. The summed E-state index contributed by atoms with van der Waals surface area (Å²) in [5.74, 6) is 0.526. The second-order valence-corrected chi connectivity index (χ2v) is 7.66. The smallest absolute Gasteiger partial charge is 0.354 e. The highest BCUT2D eigenvalue weighted by Gasteiger charge is 2.31. The minimum absolute atomic E-state index is 0.00309. The molecule has 8 heteroatoms. The van der Waals surface area contributed by atoms with Crippen LogP contribution in [0.4, 0.5) is 19.0 Å². The molecule has 1 atom stereocenters. The molecule has 1 aromatic carbocycles. The maximum absolute atomic E-state index is 12.7. The van der Waals surface area contributed by atoms with Crippen molar-refractivity contribution in [2.75, 3.05) is 37.6 Å². The number of hydrogen-bond acceptors (Lipinski definition) is 4. The van der Waals surface area contributed by atoms with Crippen molar-refractivity contribution >= 4 is 11.7 Å². The van der Waals surface area contributed by atoms with Gasteiger partial charge < -0.3 is 10.2 Å². The number of rotatable bonds is 7. The largest absolute Gasteiger partial charge is 0.417 e. The summed E-state index contributed by atoms with van der Waals surface area (Å²) in [6.07, 6.45) is -1.72. The number of aryl methyl sites for hydroxylation is 1. The van der Waals surface area contributed by atoms with Gasteiger partial charge in [0.05, 0.1) is 12.1 Å². The van der Waals surface area contributed by atoms with E-state index in [4.69, 9.17) is 0 Å². The Labute approximate surface area is 174 Å². The van der Waals surface area contributed by atoms with Crippen molar-refractivity contribution in [2.45, 2.75) is 32.0 Å². The number of anilines is 1. The molecule has 0 spiro atoms. The van der Waals surface area contributed by atoms with E-state index in [0.29, 0.717) is 38.5 Å². The van der Waals surface area contributed by atoms with E-state index in [2.05, 4.69) is 27.3 Å². The maximum atomic E-state index is 12.7. The summed E-state index contributed by atoms with van der Waals surface area (Å²) in [5.41, 5.74) is 0.509. The molecule has 0 radical (unpaired) electrons. The van der Waals surface area contributed by atoms with Gasteiger partial charge in [-0.1, -0.05) is 30.3 Å². The first-order chi connectivity index (χ1) is 14.3. The van der Waals surface area contributed by atoms with Gasteiger partial charge in [0, 0.05) is 38.4 Å². The minimum atomic E-state index is -4.38. The summed E-state index contributed by atoms with van der Waals surface area (Å²) in [5, 5.41) is 3.05. The normalized spacial score (nSPS) is 16.3. The van der Waals surface area contributed by atoms with Crippen LogP contribution in [0.2, 0.25) is 0 Å². The average Bonchev–Trinajstić information content (AvgIpc) is 2.73. The molecule has 1 aromatic heterocycles. The van der Waals surface area contributed by atoms with E-state index in [-0.39, 0.29) is 11.9 Å². The Kier molecular flexibility index (Phi) is 7.31. The third-order valence-corrected chi connectivity index (χ3v) is 5.25.